The van der Waals surface area contributed by atoms with E-state index in [1.54, 1.807) is 6.20 Å². The maximum atomic E-state index is 12.1. The van der Waals surface area contributed by atoms with Gasteiger partial charge in [-0.25, -0.2) is 9.37 Å². The Labute approximate surface area is 164 Å². The van der Waals surface area contributed by atoms with Gasteiger partial charge in [-0.2, -0.15) is 0 Å². The summed E-state index contributed by atoms with van der Waals surface area (Å²) in [6.45, 7) is 7.63. The van der Waals surface area contributed by atoms with Crippen molar-refractivity contribution in [2.45, 2.75) is 32.7 Å². The molecule has 0 fully saturated rings. The Morgan fingerprint density at radius 1 is 1.21 bits per heavy atom. The van der Waals surface area contributed by atoms with Crippen molar-refractivity contribution >= 4 is 10.9 Å². The molecular weight excluding hydrogens is 355 g/mol. The van der Waals surface area contributed by atoms with Crippen molar-refractivity contribution in [2.24, 2.45) is 0 Å². The monoisotopic (exact) mass is 380 g/mol. The number of hydrogen-bond donors (Lipinski definition) is 1. The van der Waals surface area contributed by atoms with Gasteiger partial charge in [-0.05, 0) is 38.3 Å². The maximum absolute atomic E-state index is 12.1. The Morgan fingerprint density at radius 2 is 2.07 bits per heavy atom. The highest BCUT2D eigenvalue weighted by molar-refractivity contribution is 5.81. The van der Waals surface area contributed by atoms with Crippen LogP contribution in [0, 0.1) is 6.92 Å². The zero-order chi connectivity index (χ0) is 19.9. The molecule has 0 spiro atoms. The number of alkyl halides is 1. The Bertz CT molecular complexity index is 943. The van der Waals surface area contributed by atoms with Crippen molar-refractivity contribution in [1.29, 1.82) is 0 Å². The number of benzene rings is 1. The molecule has 0 radical (unpaired) electrons. The second-order valence-electron chi connectivity index (χ2n) is 6.74. The number of nitrogens with zero attached hydrogens (tertiary/aromatic N) is 3. The summed E-state index contributed by atoms with van der Waals surface area (Å²) in [4.78, 5) is 13.3. The van der Waals surface area contributed by atoms with Gasteiger partial charge < -0.3 is 10.1 Å². The lowest BCUT2D eigenvalue weighted by Crippen LogP contribution is -2.19. The highest BCUT2D eigenvalue weighted by atomic mass is 19.1. The number of allylic oxidation sites excluding steroid dienone is 1. The molecule has 0 bridgehead atoms. The number of fused-ring (bicyclic) bond motifs is 1. The van der Waals surface area contributed by atoms with E-state index in [0.717, 1.165) is 40.8 Å². The lowest BCUT2D eigenvalue weighted by atomic mass is 10.1. The van der Waals surface area contributed by atoms with Gasteiger partial charge in [-0.3, -0.25) is 9.97 Å². The Balaban J connectivity index is 1.54. The molecule has 3 aromatic rings. The molecule has 0 saturated heterocycles. The summed E-state index contributed by atoms with van der Waals surface area (Å²) in [7, 11) is 0. The van der Waals surface area contributed by atoms with Crippen LogP contribution in [0.15, 0.2) is 55.0 Å². The van der Waals surface area contributed by atoms with Crippen molar-refractivity contribution in [1.82, 2.24) is 20.3 Å². The Kier molecular flexibility index (Phi) is 6.53. The van der Waals surface area contributed by atoms with Gasteiger partial charge in [0.15, 0.2) is 0 Å². The number of para-hydroxylation sites is 1. The van der Waals surface area contributed by atoms with Crippen molar-refractivity contribution in [3.8, 4) is 5.88 Å². The first kappa shape index (κ1) is 19.7. The van der Waals surface area contributed by atoms with Crippen LogP contribution in [0.3, 0.4) is 0 Å². The van der Waals surface area contributed by atoms with Crippen molar-refractivity contribution in [3.63, 3.8) is 0 Å². The van der Waals surface area contributed by atoms with E-state index in [9.17, 15) is 4.39 Å². The molecule has 0 saturated carbocycles. The largest absolute Gasteiger partial charge is 0.474 e. The van der Waals surface area contributed by atoms with Crippen LogP contribution in [0.4, 0.5) is 4.39 Å². The fourth-order valence-electron chi connectivity index (χ4n) is 2.97. The molecule has 0 aliphatic carbocycles. The molecule has 2 heterocycles. The molecule has 1 aromatic carbocycles. The summed E-state index contributed by atoms with van der Waals surface area (Å²) in [6.07, 6.45) is 4.73. The molecule has 28 heavy (non-hydrogen) atoms. The van der Waals surface area contributed by atoms with E-state index in [1.807, 2.05) is 6.92 Å². The van der Waals surface area contributed by atoms with Crippen LogP contribution >= 0.6 is 0 Å². The normalized spacial score (nSPS) is 12.0. The average Bonchev–Trinajstić information content (AvgIpc) is 2.71. The lowest BCUT2D eigenvalue weighted by molar-refractivity contribution is 0.263. The average molecular weight is 380 g/mol. The summed E-state index contributed by atoms with van der Waals surface area (Å²) in [5, 5.41) is 4.51. The van der Waals surface area contributed by atoms with Gasteiger partial charge in [0.2, 0.25) is 5.88 Å². The molecule has 2 aromatic heterocycles. The molecular formula is C22H25FN4O. The summed E-state index contributed by atoms with van der Waals surface area (Å²) in [5.41, 5.74) is 4.97. The number of rotatable bonds is 9. The van der Waals surface area contributed by atoms with Crippen LogP contribution in [0.5, 0.6) is 5.88 Å². The second-order valence-corrected chi connectivity index (χ2v) is 6.74. The van der Waals surface area contributed by atoms with Gasteiger partial charge in [-0.15, -0.1) is 0 Å². The van der Waals surface area contributed by atoms with Gasteiger partial charge >= 0.3 is 0 Å². The van der Waals surface area contributed by atoms with E-state index in [0.29, 0.717) is 5.88 Å². The van der Waals surface area contributed by atoms with Crippen LogP contribution in [0.25, 0.3) is 10.9 Å². The first-order chi connectivity index (χ1) is 13.6. The zero-order valence-corrected chi connectivity index (χ0v) is 16.3. The molecule has 0 aliphatic heterocycles. The number of ether oxygens (including phenoxy) is 1. The first-order valence-electron chi connectivity index (χ1n) is 9.37. The van der Waals surface area contributed by atoms with Gasteiger partial charge in [0.1, 0.15) is 13.3 Å². The topological polar surface area (TPSA) is 59.9 Å². The van der Waals surface area contributed by atoms with Crippen LogP contribution in [-0.4, -0.2) is 28.2 Å². The fourth-order valence-corrected chi connectivity index (χ4v) is 2.97. The minimum absolute atomic E-state index is 0.0129. The molecule has 1 N–H and O–H groups in total. The predicted molar refractivity (Wildman–Crippen MR) is 109 cm³/mol. The fraction of sp³-hybridized carbons (Fsp3) is 0.318. The summed E-state index contributed by atoms with van der Waals surface area (Å²) in [6, 6.07) is 10.4. The number of halogens is 1. The molecule has 146 valence electrons. The lowest BCUT2D eigenvalue weighted by Gasteiger charge is -2.17. The molecule has 0 amide bonds. The maximum Gasteiger partial charge on any atom is 0.232 e. The Hall–Kier alpha value is -3.02. The molecule has 1 unspecified atom stereocenters. The number of aromatic nitrogens is 3. The van der Waals surface area contributed by atoms with Gasteiger partial charge in [0, 0.05) is 16.8 Å². The summed E-state index contributed by atoms with van der Waals surface area (Å²) in [5.74, 6) is 0.324. The third kappa shape index (κ3) is 5.03. The smallest absolute Gasteiger partial charge is 0.232 e. The minimum Gasteiger partial charge on any atom is -0.474 e. The van der Waals surface area contributed by atoms with E-state index in [2.05, 4.69) is 59.1 Å². The van der Waals surface area contributed by atoms with Crippen LogP contribution in [0.1, 0.15) is 36.3 Å². The Morgan fingerprint density at radius 3 is 2.82 bits per heavy atom. The first-order valence-corrected chi connectivity index (χ1v) is 9.37. The van der Waals surface area contributed by atoms with Crippen LogP contribution in [0.2, 0.25) is 0 Å². The van der Waals surface area contributed by atoms with Crippen molar-refractivity contribution in [2.75, 3.05) is 13.3 Å². The van der Waals surface area contributed by atoms with Gasteiger partial charge in [0.25, 0.3) is 0 Å². The number of pyridine rings is 1. The highest BCUT2D eigenvalue weighted by Gasteiger charge is 2.09. The SMILES string of the molecule is C=C(CCc1ccc2cccc(C)c2n1)NC(C)c1cnc(OCCF)cn1. The van der Waals surface area contributed by atoms with Crippen LogP contribution in [-0.2, 0) is 6.42 Å². The minimum atomic E-state index is -0.549. The quantitative estimate of drug-likeness (QED) is 0.593. The molecule has 5 nitrogen and oxygen atoms in total. The summed E-state index contributed by atoms with van der Waals surface area (Å²) >= 11 is 0. The van der Waals surface area contributed by atoms with Crippen molar-refractivity contribution < 1.29 is 9.13 Å². The van der Waals surface area contributed by atoms with E-state index in [1.165, 1.54) is 11.8 Å². The molecule has 1 atom stereocenters. The number of nitrogens with one attached hydrogen (secondary N) is 1. The van der Waals surface area contributed by atoms with E-state index in [-0.39, 0.29) is 12.6 Å². The zero-order valence-electron chi connectivity index (χ0n) is 16.3. The summed E-state index contributed by atoms with van der Waals surface area (Å²) < 4.78 is 17.2. The second kappa shape index (κ2) is 9.26. The third-order valence-electron chi connectivity index (χ3n) is 4.50. The molecule has 0 aliphatic rings. The van der Waals surface area contributed by atoms with E-state index >= 15 is 0 Å². The highest BCUT2D eigenvalue weighted by Crippen LogP contribution is 2.18. The standard InChI is InChI=1S/C22H25FN4O/c1-15-5-4-6-18-8-10-19(27-22(15)18)9-7-16(2)26-17(3)20-13-25-21(14-24-20)28-12-11-23/h4-6,8,10,13-14,17,26H,2,7,9,11-12H2,1,3H3. The number of hydrogen-bond acceptors (Lipinski definition) is 5. The van der Waals surface area contributed by atoms with Gasteiger partial charge in [0.05, 0.1) is 29.6 Å². The van der Waals surface area contributed by atoms with Crippen LogP contribution < -0.4 is 10.1 Å². The van der Waals surface area contributed by atoms with E-state index < -0.39 is 6.67 Å². The van der Waals surface area contributed by atoms with Gasteiger partial charge in [-0.1, -0.05) is 30.8 Å². The van der Waals surface area contributed by atoms with Crippen molar-refractivity contribution in [3.05, 3.63) is 72.0 Å². The number of aryl methyl sites for hydroxylation is 2. The predicted octanol–water partition coefficient (Wildman–Crippen LogP) is 4.48. The third-order valence-corrected chi connectivity index (χ3v) is 4.50. The molecule has 3 rings (SSSR count). The van der Waals surface area contributed by atoms with E-state index in [4.69, 9.17) is 9.72 Å². The molecule has 6 heteroatoms.